The van der Waals surface area contributed by atoms with Gasteiger partial charge in [0.05, 0.1) is 14.2 Å². The summed E-state index contributed by atoms with van der Waals surface area (Å²) in [7, 11) is 3.44. The van der Waals surface area contributed by atoms with Gasteiger partial charge in [-0.25, -0.2) is 0 Å². The van der Waals surface area contributed by atoms with Crippen LogP contribution >= 0.6 is 0 Å². The molecule has 0 aliphatic heterocycles. The third-order valence-corrected chi connectivity index (χ3v) is 5.08. The Morgan fingerprint density at radius 3 is 2.50 bits per heavy atom. The Labute approximate surface area is 145 Å². The molecule has 0 N–H and O–H groups in total. The summed E-state index contributed by atoms with van der Waals surface area (Å²) in [5.41, 5.74) is 4.11. The van der Waals surface area contributed by atoms with E-state index in [2.05, 4.69) is 48.2 Å². The normalized spacial score (nSPS) is 16.8. The zero-order valence-electron chi connectivity index (χ0n) is 14.9. The molecular formula is C21H27NO2. The van der Waals surface area contributed by atoms with Crippen molar-refractivity contribution in [3.05, 3.63) is 59.2 Å². The van der Waals surface area contributed by atoms with Gasteiger partial charge in [0.2, 0.25) is 0 Å². The Kier molecular flexibility index (Phi) is 5.41. The van der Waals surface area contributed by atoms with Crippen LogP contribution in [0.4, 0.5) is 0 Å². The molecule has 128 valence electrons. The van der Waals surface area contributed by atoms with Crippen molar-refractivity contribution in [2.75, 3.05) is 20.8 Å². The largest absolute Gasteiger partial charge is 0.493 e. The van der Waals surface area contributed by atoms with Gasteiger partial charge in [0.15, 0.2) is 11.5 Å². The number of rotatable bonds is 6. The van der Waals surface area contributed by atoms with Gasteiger partial charge in [-0.1, -0.05) is 43.3 Å². The summed E-state index contributed by atoms with van der Waals surface area (Å²) in [6.45, 7) is 4.35. The molecule has 1 atom stereocenters. The molecule has 1 aliphatic rings. The summed E-state index contributed by atoms with van der Waals surface area (Å²) < 4.78 is 11.1. The number of hydrogen-bond acceptors (Lipinski definition) is 3. The monoisotopic (exact) mass is 325 g/mol. The second-order valence-corrected chi connectivity index (χ2v) is 6.38. The number of fused-ring (bicyclic) bond motifs is 1. The Morgan fingerprint density at radius 2 is 1.83 bits per heavy atom. The molecule has 3 heteroatoms. The Balaban J connectivity index is 1.78. The van der Waals surface area contributed by atoms with Crippen molar-refractivity contribution in [3.63, 3.8) is 0 Å². The molecule has 0 fully saturated rings. The molecule has 3 rings (SSSR count). The van der Waals surface area contributed by atoms with Gasteiger partial charge in [0.25, 0.3) is 0 Å². The van der Waals surface area contributed by atoms with Gasteiger partial charge < -0.3 is 9.47 Å². The number of hydrogen-bond donors (Lipinski definition) is 0. The lowest BCUT2D eigenvalue weighted by Crippen LogP contribution is -2.38. The topological polar surface area (TPSA) is 21.7 Å². The Morgan fingerprint density at radius 1 is 1.04 bits per heavy atom. The van der Waals surface area contributed by atoms with Crippen LogP contribution in [0.3, 0.4) is 0 Å². The summed E-state index contributed by atoms with van der Waals surface area (Å²) in [6.07, 6.45) is 3.29. The maximum Gasteiger partial charge on any atom is 0.164 e. The van der Waals surface area contributed by atoms with Crippen molar-refractivity contribution in [2.24, 2.45) is 0 Å². The number of likely N-dealkylation sites (N-methyl/N-ethyl adjacent to an activating group) is 1. The summed E-state index contributed by atoms with van der Waals surface area (Å²) in [6, 6.07) is 15.6. The second-order valence-electron chi connectivity index (χ2n) is 6.38. The van der Waals surface area contributed by atoms with E-state index in [0.29, 0.717) is 6.04 Å². The van der Waals surface area contributed by atoms with Crippen LogP contribution in [0.15, 0.2) is 42.5 Å². The predicted molar refractivity (Wildman–Crippen MR) is 97.9 cm³/mol. The molecule has 2 aromatic carbocycles. The van der Waals surface area contributed by atoms with Crippen molar-refractivity contribution in [1.29, 1.82) is 0 Å². The molecule has 0 radical (unpaired) electrons. The minimum Gasteiger partial charge on any atom is -0.493 e. The van der Waals surface area contributed by atoms with Gasteiger partial charge >= 0.3 is 0 Å². The molecule has 3 nitrogen and oxygen atoms in total. The third-order valence-electron chi connectivity index (χ3n) is 5.08. The molecule has 2 aromatic rings. The molecule has 0 heterocycles. The van der Waals surface area contributed by atoms with Gasteiger partial charge in [0.1, 0.15) is 0 Å². The second kappa shape index (κ2) is 7.71. The van der Waals surface area contributed by atoms with Crippen molar-refractivity contribution in [3.8, 4) is 11.5 Å². The van der Waals surface area contributed by atoms with E-state index in [1.54, 1.807) is 14.2 Å². The average molecular weight is 325 g/mol. The van der Waals surface area contributed by atoms with E-state index in [9.17, 15) is 0 Å². The average Bonchev–Trinajstić information content (AvgIpc) is 2.65. The highest BCUT2D eigenvalue weighted by Crippen LogP contribution is 2.38. The summed E-state index contributed by atoms with van der Waals surface area (Å²) in [4.78, 5) is 2.59. The molecule has 0 saturated carbocycles. The van der Waals surface area contributed by atoms with E-state index in [1.807, 2.05) is 6.07 Å². The van der Waals surface area contributed by atoms with Gasteiger partial charge in [0, 0.05) is 18.2 Å². The van der Waals surface area contributed by atoms with Crippen LogP contribution in [0.25, 0.3) is 0 Å². The first-order chi connectivity index (χ1) is 11.8. The van der Waals surface area contributed by atoms with Crippen LogP contribution in [0.2, 0.25) is 0 Å². The van der Waals surface area contributed by atoms with E-state index in [-0.39, 0.29) is 0 Å². The number of methoxy groups -OCH3 is 2. The SMILES string of the molecule is CCN(Cc1ccccc1)[C@H]1CCc2c(ccc(OC)c2OC)C1. The lowest BCUT2D eigenvalue weighted by Gasteiger charge is -2.35. The van der Waals surface area contributed by atoms with Crippen LogP contribution in [0.5, 0.6) is 11.5 Å². The van der Waals surface area contributed by atoms with Crippen LogP contribution in [0.1, 0.15) is 30.0 Å². The number of nitrogens with zero attached hydrogens (tertiary/aromatic N) is 1. The first-order valence-electron chi connectivity index (χ1n) is 8.77. The summed E-state index contributed by atoms with van der Waals surface area (Å²) >= 11 is 0. The highest BCUT2D eigenvalue weighted by atomic mass is 16.5. The highest BCUT2D eigenvalue weighted by Gasteiger charge is 2.26. The quantitative estimate of drug-likeness (QED) is 0.799. The van der Waals surface area contributed by atoms with Crippen molar-refractivity contribution in [2.45, 2.75) is 38.8 Å². The molecule has 0 aromatic heterocycles. The van der Waals surface area contributed by atoms with Gasteiger partial charge in [-0.05, 0) is 43.0 Å². The maximum atomic E-state index is 5.61. The molecule has 0 spiro atoms. The van der Waals surface area contributed by atoms with E-state index >= 15 is 0 Å². The molecule has 0 amide bonds. The molecule has 0 unspecified atom stereocenters. The zero-order valence-corrected chi connectivity index (χ0v) is 14.9. The molecule has 0 saturated heterocycles. The minimum atomic E-state index is 0.584. The Bertz CT molecular complexity index is 669. The molecular weight excluding hydrogens is 298 g/mol. The van der Waals surface area contributed by atoms with Crippen LogP contribution < -0.4 is 9.47 Å². The zero-order chi connectivity index (χ0) is 16.9. The van der Waals surface area contributed by atoms with Gasteiger partial charge in [-0.3, -0.25) is 4.90 Å². The van der Waals surface area contributed by atoms with E-state index in [1.165, 1.54) is 16.7 Å². The lowest BCUT2D eigenvalue weighted by molar-refractivity contribution is 0.179. The number of ether oxygens (including phenoxy) is 2. The Hall–Kier alpha value is -2.00. The van der Waals surface area contributed by atoms with E-state index in [4.69, 9.17) is 9.47 Å². The predicted octanol–water partition coefficient (Wildman–Crippen LogP) is 4.08. The summed E-state index contributed by atoms with van der Waals surface area (Å²) in [5.74, 6) is 1.76. The fraction of sp³-hybridized carbons (Fsp3) is 0.429. The van der Waals surface area contributed by atoms with Crippen LogP contribution in [-0.4, -0.2) is 31.7 Å². The fourth-order valence-electron chi connectivity index (χ4n) is 3.79. The fourth-order valence-corrected chi connectivity index (χ4v) is 3.79. The first kappa shape index (κ1) is 16.8. The first-order valence-corrected chi connectivity index (χ1v) is 8.77. The van der Waals surface area contributed by atoms with Crippen molar-refractivity contribution < 1.29 is 9.47 Å². The highest BCUT2D eigenvalue weighted by molar-refractivity contribution is 5.52. The standard InChI is InChI=1S/C21H27NO2/c1-4-22(15-16-8-6-5-7-9-16)18-11-12-19-17(14-18)10-13-20(23-2)21(19)24-3/h5-10,13,18H,4,11-12,14-15H2,1-3H3/t18-/m0/s1. The summed E-state index contributed by atoms with van der Waals surface area (Å²) in [5, 5.41) is 0. The van der Waals surface area contributed by atoms with Crippen LogP contribution in [0, 0.1) is 0 Å². The lowest BCUT2D eigenvalue weighted by atomic mass is 9.86. The van der Waals surface area contributed by atoms with Crippen LogP contribution in [-0.2, 0) is 19.4 Å². The molecule has 1 aliphatic carbocycles. The van der Waals surface area contributed by atoms with E-state index < -0.39 is 0 Å². The third kappa shape index (κ3) is 3.41. The van der Waals surface area contributed by atoms with E-state index in [0.717, 1.165) is 43.9 Å². The maximum absolute atomic E-state index is 5.61. The van der Waals surface area contributed by atoms with Gasteiger partial charge in [-0.15, -0.1) is 0 Å². The van der Waals surface area contributed by atoms with Gasteiger partial charge in [-0.2, -0.15) is 0 Å². The molecule has 24 heavy (non-hydrogen) atoms. The smallest absolute Gasteiger partial charge is 0.164 e. The van der Waals surface area contributed by atoms with Crippen molar-refractivity contribution in [1.82, 2.24) is 4.90 Å². The minimum absolute atomic E-state index is 0.584. The van der Waals surface area contributed by atoms with Crippen molar-refractivity contribution >= 4 is 0 Å². The molecule has 0 bridgehead atoms. The number of benzene rings is 2.